The molecule has 0 spiro atoms. The second kappa shape index (κ2) is 8.46. The summed E-state index contributed by atoms with van der Waals surface area (Å²) >= 11 is 0. The molecule has 0 fully saturated rings. The van der Waals surface area contributed by atoms with Gasteiger partial charge < -0.3 is 5.32 Å². The number of halogens is 3. The number of pyridine rings is 1. The maximum Gasteiger partial charge on any atom is 0.405 e. The third-order valence-corrected chi connectivity index (χ3v) is 5.75. The largest absolute Gasteiger partial charge is 0.405 e. The van der Waals surface area contributed by atoms with Gasteiger partial charge in [0.2, 0.25) is 5.91 Å². The molecule has 1 amide bonds. The van der Waals surface area contributed by atoms with E-state index in [2.05, 4.69) is 5.10 Å². The van der Waals surface area contributed by atoms with E-state index in [4.69, 9.17) is 0 Å². The Labute approximate surface area is 197 Å². The summed E-state index contributed by atoms with van der Waals surface area (Å²) in [6.45, 7) is -0.0516. The molecule has 0 radical (unpaired) electrons. The fourth-order valence-corrected chi connectivity index (χ4v) is 4.26. The van der Waals surface area contributed by atoms with Gasteiger partial charge in [0.15, 0.2) is 0 Å². The van der Waals surface area contributed by atoms with Crippen LogP contribution in [-0.4, -0.2) is 37.4 Å². The quantitative estimate of drug-likeness (QED) is 0.413. The van der Waals surface area contributed by atoms with Crippen LogP contribution in [0.5, 0.6) is 0 Å². The molecule has 7 nitrogen and oxygen atoms in total. The number of para-hydroxylation sites is 2. The summed E-state index contributed by atoms with van der Waals surface area (Å²) in [6.07, 6.45) is -2.66. The molecule has 178 valence electrons. The van der Waals surface area contributed by atoms with Gasteiger partial charge in [0.05, 0.1) is 27.9 Å². The van der Waals surface area contributed by atoms with Crippen LogP contribution in [0.4, 0.5) is 13.2 Å². The molecule has 2 aromatic carbocycles. The number of imidazole rings is 1. The highest BCUT2D eigenvalue weighted by molar-refractivity contribution is 5.84. The van der Waals surface area contributed by atoms with Gasteiger partial charge >= 0.3 is 11.9 Å². The van der Waals surface area contributed by atoms with Gasteiger partial charge in [-0.1, -0.05) is 30.3 Å². The van der Waals surface area contributed by atoms with Crippen LogP contribution < -0.4 is 11.0 Å². The number of alkyl halides is 3. The first-order valence-electron chi connectivity index (χ1n) is 10.8. The SMILES string of the molecule is Cc1nn2ccccc2c1-c1ccc(-n2c(=O)n(CC(=O)NCC(F)(F)F)c3ccccc32)cc1. The second-order valence-electron chi connectivity index (χ2n) is 8.12. The molecule has 0 saturated heterocycles. The van der Waals surface area contributed by atoms with Gasteiger partial charge in [-0.15, -0.1) is 0 Å². The second-order valence-corrected chi connectivity index (χ2v) is 8.12. The molecule has 35 heavy (non-hydrogen) atoms. The first-order valence-corrected chi connectivity index (χ1v) is 10.8. The van der Waals surface area contributed by atoms with Crippen LogP contribution in [0, 0.1) is 6.92 Å². The summed E-state index contributed by atoms with van der Waals surface area (Å²) in [6, 6.07) is 20.0. The number of nitrogens with one attached hydrogen (secondary N) is 1. The van der Waals surface area contributed by atoms with Crippen molar-refractivity contribution in [3.05, 3.63) is 89.1 Å². The summed E-state index contributed by atoms with van der Waals surface area (Å²) in [7, 11) is 0. The number of carbonyl (C=O) groups excluding carboxylic acids is 1. The van der Waals surface area contributed by atoms with Gasteiger partial charge in [-0.05, 0) is 48.9 Å². The zero-order valence-electron chi connectivity index (χ0n) is 18.6. The lowest BCUT2D eigenvalue weighted by Gasteiger charge is -2.08. The average molecular weight is 479 g/mol. The topological polar surface area (TPSA) is 73.3 Å². The molecular formula is C25H20F3N5O2. The molecule has 0 saturated carbocycles. The molecule has 0 aliphatic carbocycles. The minimum atomic E-state index is -4.53. The molecule has 3 aromatic heterocycles. The van der Waals surface area contributed by atoms with E-state index in [1.807, 2.05) is 48.8 Å². The summed E-state index contributed by atoms with van der Waals surface area (Å²) in [5.41, 5.74) is 4.76. The Morgan fingerprint density at radius 3 is 2.31 bits per heavy atom. The van der Waals surface area contributed by atoms with Crippen LogP contribution in [0.25, 0.3) is 33.4 Å². The summed E-state index contributed by atoms with van der Waals surface area (Å²) in [4.78, 5) is 25.4. The Hall–Kier alpha value is -4.34. The van der Waals surface area contributed by atoms with E-state index >= 15 is 0 Å². The Morgan fingerprint density at radius 2 is 1.60 bits per heavy atom. The van der Waals surface area contributed by atoms with Crippen LogP contribution in [0.2, 0.25) is 0 Å². The van der Waals surface area contributed by atoms with Gasteiger partial charge in [0.1, 0.15) is 13.1 Å². The third-order valence-electron chi connectivity index (χ3n) is 5.75. The number of nitrogens with zero attached hydrogens (tertiary/aromatic N) is 4. The van der Waals surface area contributed by atoms with Gasteiger partial charge in [-0.2, -0.15) is 18.3 Å². The van der Waals surface area contributed by atoms with Gasteiger partial charge in [-0.3, -0.25) is 13.9 Å². The molecule has 0 unspecified atom stereocenters. The van der Waals surface area contributed by atoms with Crippen LogP contribution in [0.15, 0.2) is 77.7 Å². The maximum atomic E-state index is 13.3. The number of amides is 1. The number of aryl methyl sites for hydroxylation is 1. The molecule has 1 N–H and O–H groups in total. The molecule has 5 rings (SSSR count). The summed E-state index contributed by atoms with van der Waals surface area (Å²) in [5.74, 6) is -0.897. The molecule has 0 bridgehead atoms. The normalized spacial score (nSPS) is 11.9. The van der Waals surface area contributed by atoms with E-state index in [1.165, 1.54) is 9.13 Å². The smallest absolute Gasteiger partial charge is 0.345 e. The molecule has 10 heteroatoms. The summed E-state index contributed by atoms with van der Waals surface area (Å²) in [5, 5.41) is 6.35. The minimum absolute atomic E-state index is 0.446. The monoisotopic (exact) mass is 479 g/mol. The Morgan fingerprint density at radius 1 is 0.943 bits per heavy atom. The zero-order valence-corrected chi connectivity index (χ0v) is 18.6. The van der Waals surface area contributed by atoms with Crippen molar-refractivity contribution >= 4 is 22.5 Å². The maximum absolute atomic E-state index is 13.3. The molecule has 5 aromatic rings. The number of hydrogen-bond acceptors (Lipinski definition) is 3. The van der Waals surface area contributed by atoms with Gasteiger partial charge in [0, 0.05) is 11.8 Å². The Balaban J connectivity index is 1.53. The lowest BCUT2D eigenvalue weighted by Crippen LogP contribution is -2.37. The van der Waals surface area contributed by atoms with Gasteiger partial charge in [0.25, 0.3) is 0 Å². The highest BCUT2D eigenvalue weighted by atomic mass is 19.4. The van der Waals surface area contributed by atoms with Crippen LogP contribution in [-0.2, 0) is 11.3 Å². The number of fused-ring (bicyclic) bond motifs is 2. The molecule has 0 aliphatic heterocycles. The lowest BCUT2D eigenvalue weighted by atomic mass is 10.0. The van der Waals surface area contributed by atoms with Crippen molar-refractivity contribution in [3.8, 4) is 16.8 Å². The van der Waals surface area contributed by atoms with Gasteiger partial charge in [-0.25, -0.2) is 9.31 Å². The highest BCUT2D eigenvalue weighted by Gasteiger charge is 2.28. The van der Waals surface area contributed by atoms with Crippen molar-refractivity contribution in [1.82, 2.24) is 24.1 Å². The van der Waals surface area contributed by atoms with Crippen molar-refractivity contribution in [2.75, 3.05) is 6.54 Å². The molecule has 3 heterocycles. The lowest BCUT2D eigenvalue weighted by molar-refractivity contribution is -0.138. The fraction of sp³-hybridized carbons (Fsp3) is 0.160. The molecule has 0 aliphatic rings. The molecular weight excluding hydrogens is 459 g/mol. The number of rotatable bonds is 5. The number of hydrogen-bond donors (Lipinski definition) is 1. The Bertz CT molecular complexity index is 1610. The first-order chi connectivity index (χ1) is 16.7. The number of carbonyl (C=O) groups is 1. The van der Waals surface area contributed by atoms with E-state index in [0.717, 1.165) is 22.3 Å². The minimum Gasteiger partial charge on any atom is -0.345 e. The fourth-order valence-electron chi connectivity index (χ4n) is 4.26. The van der Waals surface area contributed by atoms with Crippen LogP contribution in [0.3, 0.4) is 0 Å². The molecule has 0 atom stereocenters. The van der Waals surface area contributed by atoms with E-state index in [1.54, 1.807) is 40.9 Å². The van der Waals surface area contributed by atoms with Crippen LogP contribution >= 0.6 is 0 Å². The standard InChI is InChI=1S/C25H20F3N5O2/c1-16-23(21-8-4-5-13-32(21)30-16)17-9-11-18(12-10-17)33-20-7-3-2-6-19(20)31(24(33)35)14-22(34)29-15-25(26,27)28/h2-13H,14-15H2,1H3,(H,29,34). The number of aromatic nitrogens is 4. The van der Waals surface area contributed by atoms with E-state index < -0.39 is 30.9 Å². The van der Waals surface area contributed by atoms with Crippen molar-refractivity contribution in [3.63, 3.8) is 0 Å². The highest BCUT2D eigenvalue weighted by Crippen LogP contribution is 2.29. The average Bonchev–Trinajstić information content (AvgIpc) is 3.31. The van der Waals surface area contributed by atoms with Crippen molar-refractivity contribution < 1.29 is 18.0 Å². The van der Waals surface area contributed by atoms with Crippen molar-refractivity contribution in [2.45, 2.75) is 19.6 Å². The number of benzene rings is 2. The van der Waals surface area contributed by atoms with Crippen LogP contribution in [0.1, 0.15) is 5.69 Å². The van der Waals surface area contributed by atoms with E-state index in [0.29, 0.717) is 16.7 Å². The van der Waals surface area contributed by atoms with E-state index in [9.17, 15) is 22.8 Å². The first kappa shape index (κ1) is 22.5. The predicted molar refractivity (Wildman–Crippen MR) is 126 cm³/mol. The van der Waals surface area contributed by atoms with Crippen molar-refractivity contribution in [2.24, 2.45) is 0 Å². The predicted octanol–water partition coefficient (Wildman–Crippen LogP) is 4.09. The third kappa shape index (κ3) is 4.18. The summed E-state index contributed by atoms with van der Waals surface area (Å²) < 4.78 is 41.8. The Kier molecular flexibility index (Phi) is 5.43. The van der Waals surface area contributed by atoms with Crippen molar-refractivity contribution in [1.29, 1.82) is 0 Å². The zero-order chi connectivity index (χ0) is 24.7. The van der Waals surface area contributed by atoms with E-state index in [-0.39, 0.29) is 0 Å².